The number of benzene rings is 1. The molecule has 1 aliphatic rings. The van der Waals surface area contributed by atoms with Crippen LogP contribution in [0.2, 0.25) is 0 Å². The van der Waals surface area contributed by atoms with E-state index in [-0.39, 0.29) is 11.4 Å². The molecule has 0 saturated heterocycles. The molecule has 1 aromatic carbocycles. The van der Waals surface area contributed by atoms with Crippen molar-refractivity contribution in [2.45, 2.75) is 12.5 Å². The molecule has 3 heterocycles. The van der Waals surface area contributed by atoms with Gasteiger partial charge in [-0.25, -0.2) is 4.79 Å². The molecule has 3 aromatic rings. The lowest BCUT2D eigenvalue weighted by molar-refractivity contribution is 0.390. The van der Waals surface area contributed by atoms with Crippen LogP contribution in [0.3, 0.4) is 0 Å². The second-order valence-corrected chi connectivity index (χ2v) is 6.51. The number of aromatic hydroxyl groups is 1. The molecule has 0 radical (unpaired) electrons. The average molecular weight is 356 g/mol. The van der Waals surface area contributed by atoms with Crippen LogP contribution in [0.4, 0.5) is 0 Å². The lowest BCUT2D eigenvalue weighted by Crippen LogP contribution is -2.42. The van der Waals surface area contributed by atoms with Crippen LogP contribution in [0.5, 0.6) is 11.6 Å². The predicted octanol–water partition coefficient (Wildman–Crippen LogP) is 0.515. The predicted molar refractivity (Wildman–Crippen MR) is 97.0 cm³/mol. The highest BCUT2D eigenvalue weighted by Gasteiger charge is 2.31. The zero-order valence-electron chi connectivity index (χ0n) is 14.8. The van der Waals surface area contributed by atoms with Gasteiger partial charge in [0, 0.05) is 37.2 Å². The number of methoxy groups -OCH3 is 1. The molecule has 8 nitrogen and oxygen atoms in total. The molecule has 3 N–H and O–H groups in total. The van der Waals surface area contributed by atoms with E-state index in [2.05, 4.69) is 10.3 Å². The summed E-state index contributed by atoms with van der Waals surface area (Å²) in [5, 5.41) is 14.8. The Balaban J connectivity index is 1.98. The molecule has 8 heteroatoms. The van der Waals surface area contributed by atoms with Crippen molar-refractivity contribution in [3.8, 4) is 11.6 Å². The molecule has 0 spiro atoms. The standard InChI is InChI=1S/C18H20N4O4/c1-21-16(23)13(17(24)22(2)18(21)25)15-14-10(6-7-19-15)11-8-9(26-3)4-5-12(11)20-14/h4-5,8,15,19-20,23H,6-7H2,1-3H3/t15-/m1/s1. The van der Waals surface area contributed by atoms with Crippen molar-refractivity contribution in [2.75, 3.05) is 13.7 Å². The largest absolute Gasteiger partial charge is 0.497 e. The van der Waals surface area contributed by atoms with Crippen LogP contribution in [0.25, 0.3) is 10.9 Å². The number of H-pyrrole nitrogens is 1. The second-order valence-electron chi connectivity index (χ2n) is 6.51. The molecule has 1 atom stereocenters. The Labute approximate surface area is 148 Å². The Morgan fingerprint density at radius 2 is 2.00 bits per heavy atom. The topological polar surface area (TPSA) is 101 Å². The van der Waals surface area contributed by atoms with Crippen LogP contribution in [-0.4, -0.2) is 32.9 Å². The summed E-state index contributed by atoms with van der Waals surface area (Å²) in [6, 6.07) is 5.24. The molecule has 0 fully saturated rings. The fourth-order valence-electron chi connectivity index (χ4n) is 3.69. The highest BCUT2D eigenvalue weighted by atomic mass is 16.5. The normalized spacial score (nSPS) is 16.7. The number of hydrogen-bond acceptors (Lipinski definition) is 5. The molecule has 1 aliphatic heterocycles. The molecule has 136 valence electrons. The SMILES string of the molecule is COc1ccc2[nH]c3c(c2c1)CCN[C@@H]3c1c(O)n(C)c(=O)n(C)c1=O. The van der Waals surface area contributed by atoms with Crippen LogP contribution >= 0.6 is 0 Å². The molecule has 0 amide bonds. The van der Waals surface area contributed by atoms with Crippen LogP contribution in [-0.2, 0) is 20.5 Å². The minimum atomic E-state index is -0.561. The third-order valence-corrected chi connectivity index (χ3v) is 5.11. The monoisotopic (exact) mass is 356 g/mol. The molecule has 2 aromatic heterocycles. The van der Waals surface area contributed by atoms with Crippen molar-refractivity contribution in [1.82, 2.24) is 19.4 Å². The Hall–Kier alpha value is -3.00. The quantitative estimate of drug-likeness (QED) is 0.621. The number of rotatable bonds is 2. The van der Waals surface area contributed by atoms with E-state index in [1.807, 2.05) is 18.2 Å². The van der Waals surface area contributed by atoms with E-state index in [1.165, 1.54) is 14.1 Å². The number of nitrogens with one attached hydrogen (secondary N) is 2. The zero-order chi connectivity index (χ0) is 18.6. The summed E-state index contributed by atoms with van der Waals surface area (Å²) >= 11 is 0. The van der Waals surface area contributed by atoms with Crippen molar-refractivity contribution < 1.29 is 9.84 Å². The van der Waals surface area contributed by atoms with Crippen molar-refractivity contribution in [1.29, 1.82) is 0 Å². The number of aromatic amines is 1. The van der Waals surface area contributed by atoms with Gasteiger partial charge in [0.15, 0.2) is 0 Å². The fourth-order valence-corrected chi connectivity index (χ4v) is 3.69. The van der Waals surface area contributed by atoms with E-state index < -0.39 is 17.3 Å². The van der Waals surface area contributed by atoms with Crippen LogP contribution in [0, 0.1) is 0 Å². The number of fused-ring (bicyclic) bond motifs is 3. The Morgan fingerprint density at radius 1 is 1.23 bits per heavy atom. The maximum Gasteiger partial charge on any atom is 0.333 e. The maximum atomic E-state index is 12.7. The van der Waals surface area contributed by atoms with Gasteiger partial charge in [0.25, 0.3) is 5.56 Å². The van der Waals surface area contributed by atoms with E-state index in [4.69, 9.17) is 4.74 Å². The van der Waals surface area contributed by atoms with Crippen molar-refractivity contribution in [3.63, 3.8) is 0 Å². The van der Waals surface area contributed by atoms with Gasteiger partial charge >= 0.3 is 5.69 Å². The van der Waals surface area contributed by atoms with Gasteiger partial charge in [0.2, 0.25) is 5.88 Å². The minimum Gasteiger partial charge on any atom is -0.497 e. The summed E-state index contributed by atoms with van der Waals surface area (Å²) in [6.45, 7) is 0.646. The molecule has 0 saturated carbocycles. The number of nitrogens with zero attached hydrogens (tertiary/aromatic N) is 2. The van der Waals surface area contributed by atoms with Gasteiger partial charge in [-0.3, -0.25) is 13.9 Å². The Morgan fingerprint density at radius 3 is 2.73 bits per heavy atom. The second kappa shape index (κ2) is 5.77. The van der Waals surface area contributed by atoms with Gasteiger partial charge in [0.1, 0.15) is 11.3 Å². The summed E-state index contributed by atoms with van der Waals surface area (Å²) < 4.78 is 7.41. The van der Waals surface area contributed by atoms with E-state index in [9.17, 15) is 14.7 Å². The highest BCUT2D eigenvalue weighted by molar-refractivity contribution is 5.86. The molecular formula is C18H20N4O4. The number of aromatic nitrogens is 3. The third kappa shape index (κ3) is 2.19. The minimum absolute atomic E-state index is 0.161. The van der Waals surface area contributed by atoms with Gasteiger partial charge in [-0.2, -0.15) is 0 Å². The zero-order valence-corrected chi connectivity index (χ0v) is 14.8. The number of hydrogen-bond donors (Lipinski definition) is 3. The molecule has 0 aliphatic carbocycles. The van der Waals surface area contributed by atoms with E-state index in [0.717, 1.165) is 43.5 Å². The van der Waals surface area contributed by atoms with Crippen LogP contribution in [0.1, 0.15) is 22.9 Å². The van der Waals surface area contributed by atoms with E-state index >= 15 is 0 Å². The maximum absolute atomic E-state index is 12.7. The lowest BCUT2D eigenvalue weighted by atomic mass is 9.95. The van der Waals surface area contributed by atoms with Crippen molar-refractivity contribution in [2.24, 2.45) is 14.1 Å². The highest BCUT2D eigenvalue weighted by Crippen LogP contribution is 2.35. The van der Waals surface area contributed by atoms with Gasteiger partial charge in [-0.15, -0.1) is 0 Å². The summed E-state index contributed by atoms with van der Waals surface area (Å²) in [5.74, 6) is 0.440. The van der Waals surface area contributed by atoms with Crippen LogP contribution in [0.15, 0.2) is 27.8 Å². The summed E-state index contributed by atoms with van der Waals surface area (Å²) in [6.07, 6.45) is 0.784. The molecular weight excluding hydrogens is 336 g/mol. The average Bonchev–Trinajstić information content (AvgIpc) is 3.03. The third-order valence-electron chi connectivity index (χ3n) is 5.11. The number of ether oxygens (including phenoxy) is 1. The summed E-state index contributed by atoms with van der Waals surface area (Å²) in [7, 11) is 4.48. The van der Waals surface area contributed by atoms with E-state index in [0.29, 0.717) is 6.54 Å². The van der Waals surface area contributed by atoms with Gasteiger partial charge in [-0.05, 0) is 30.2 Å². The first-order valence-electron chi connectivity index (χ1n) is 8.34. The molecule has 0 unspecified atom stereocenters. The first-order chi connectivity index (χ1) is 12.4. The Bertz CT molecular complexity index is 1140. The van der Waals surface area contributed by atoms with Crippen molar-refractivity contribution in [3.05, 3.63) is 55.9 Å². The first-order valence-corrected chi connectivity index (χ1v) is 8.34. The van der Waals surface area contributed by atoms with Gasteiger partial charge in [-0.1, -0.05) is 0 Å². The van der Waals surface area contributed by atoms with Gasteiger partial charge < -0.3 is 20.1 Å². The molecule has 4 rings (SSSR count). The first kappa shape index (κ1) is 16.5. The molecule has 0 bridgehead atoms. The van der Waals surface area contributed by atoms with Crippen molar-refractivity contribution >= 4 is 10.9 Å². The summed E-state index contributed by atoms with van der Waals surface area (Å²) in [4.78, 5) is 28.1. The van der Waals surface area contributed by atoms with Crippen LogP contribution < -0.4 is 21.3 Å². The van der Waals surface area contributed by atoms with Gasteiger partial charge in [0.05, 0.1) is 13.2 Å². The fraction of sp³-hybridized carbons (Fsp3) is 0.333. The van der Waals surface area contributed by atoms with E-state index in [1.54, 1.807) is 7.11 Å². The summed E-state index contributed by atoms with van der Waals surface area (Å²) in [5.41, 5.74) is 1.93. The Kier molecular flexibility index (Phi) is 3.66. The smallest absolute Gasteiger partial charge is 0.333 e. The lowest BCUT2D eigenvalue weighted by Gasteiger charge is -2.25. The molecule has 26 heavy (non-hydrogen) atoms.